The molecular formula is C7H11N3O2. The minimum Gasteiger partial charge on any atom is -0.378 e. The van der Waals surface area contributed by atoms with Crippen LogP contribution in [0.15, 0.2) is 10.9 Å². The second-order valence-corrected chi connectivity index (χ2v) is 2.32. The summed E-state index contributed by atoms with van der Waals surface area (Å²) in [5.74, 6) is 0.481. The lowest BCUT2D eigenvalue weighted by Gasteiger charge is -2.00. The number of nitrogens with one attached hydrogen (secondary N) is 1. The third kappa shape index (κ3) is 2.14. The molecule has 0 atom stereocenters. The lowest BCUT2D eigenvalue weighted by Crippen LogP contribution is -2.15. The van der Waals surface area contributed by atoms with Crippen molar-refractivity contribution in [1.29, 1.82) is 0 Å². The Bertz CT molecular complexity index is 308. The van der Waals surface area contributed by atoms with Gasteiger partial charge in [0.2, 0.25) is 0 Å². The number of ether oxygens (including phenoxy) is 1. The van der Waals surface area contributed by atoms with Crippen LogP contribution in [-0.2, 0) is 17.9 Å². The van der Waals surface area contributed by atoms with E-state index in [2.05, 4.69) is 9.97 Å². The first kappa shape index (κ1) is 8.89. The third-order valence-electron chi connectivity index (χ3n) is 1.33. The normalized spacial score (nSPS) is 10.2. The Labute approximate surface area is 69.6 Å². The number of rotatable bonds is 3. The van der Waals surface area contributed by atoms with Crippen LogP contribution < -0.4 is 11.3 Å². The van der Waals surface area contributed by atoms with Gasteiger partial charge in [0.15, 0.2) is 0 Å². The number of hydrogen-bond acceptors (Lipinski definition) is 4. The summed E-state index contributed by atoms with van der Waals surface area (Å²) < 4.78 is 4.83. The molecule has 0 saturated heterocycles. The van der Waals surface area contributed by atoms with Gasteiger partial charge >= 0.3 is 0 Å². The van der Waals surface area contributed by atoms with Crippen molar-refractivity contribution >= 4 is 0 Å². The van der Waals surface area contributed by atoms with E-state index in [1.54, 1.807) is 7.11 Å². The van der Waals surface area contributed by atoms with Gasteiger partial charge in [-0.15, -0.1) is 0 Å². The van der Waals surface area contributed by atoms with Gasteiger partial charge in [0.25, 0.3) is 5.56 Å². The molecule has 0 unspecified atom stereocenters. The van der Waals surface area contributed by atoms with Crippen molar-refractivity contribution in [2.24, 2.45) is 5.73 Å². The third-order valence-corrected chi connectivity index (χ3v) is 1.33. The van der Waals surface area contributed by atoms with Crippen molar-refractivity contribution < 1.29 is 4.74 Å². The second kappa shape index (κ2) is 3.99. The Morgan fingerprint density at radius 3 is 3.08 bits per heavy atom. The monoisotopic (exact) mass is 169 g/mol. The summed E-state index contributed by atoms with van der Waals surface area (Å²) in [5, 5.41) is 0. The van der Waals surface area contributed by atoms with Crippen LogP contribution in [0.1, 0.15) is 11.5 Å². The topological polar surface area (TPSA) is 81.0 Å². The zero-order valence-electron chi connectivity index (χ0n) is 6.83. The molecule has 0 aromatic carbocycles. The van der Waals surface area contributed by atoms with Gasteiger partial charge in [0.05, 0.1) is 18.8 Å². The molecule has 3 N–H and O–H groups in total. The fourth-order valence-corrected chi connectivity index (χ4v) is 0.882. The van der Waals surface area contributed by atoms with Crippen LogP contribution in [0.5, 0.6) is 0 Å². The molecule has 5 nitrogen and oxygen atoms in total. The van der Waals surface area contributed by atoms with Crippen LogP contribution in [0.2, 0.25) is 0 Å². The van der Waals surface area contributed by atoms with E-state index in [-0.39, 0.29) is 12.1 Å². The molecule has 0 amide bonds. The van der Waals surface area contributed by atoms with Crippen LogP contribution in [0.4, 0.5) is 0 Å². The van der Waals surface area contributed by atoms with Gasteiger partial charge in [0, 0.05) is 13.2 Å². The summed E-state index contributed by atoms with van der Waals surface area (Å²) in [6.45, 7) is 0.559. The maximum absolute atomic E-state index is 10.9. The Morgan fingerprint density at radius 2 is 2.50 bits per heavy atom. The smallest absolute Gasteiger partial charge is 0.251 e. The maximum Gasteiger partial charge on any atom is 0.251 e. The summed E-state index contributed by atoms with van der Waals surface area (Å²) in [6.07, 6.45) is 0. The molecule has 0 spiro atoms. The van der Waals surface area contributed by atoms with E-state index in [0.29, 0.717) is 18.1 Å². The lowest BCUT2D eigenvalue weighted by atomic mass is 10.4. The Balaban J connectivity index is 2.98. The molecule has 0 bridgehead atoms. The SMILES string of the molecule is COCc1cc(=O)[nH]c(CN)n1. The molecule has 1 heterocycles. The average molecular weight is 169 g/mol. The Morgan fingerprint density at radius 1 is 1.75 bits per heavy atom. The highest BCUT2D eigenvalue weighted by Gasteiger charge is 1.98. The van der Waals surface area contributed by atoms with E-state index < -0.39 is 0 Å². The quantitative estimate of drug-likeness (QED) is 0.631. The highest BCUT2D eigenvalue weighted by atomic mass is 16.5. The minimum absolute atomic E-state index is 0.197. The molecule has 0 saturated carbocycles. The fraction of sp³-hybridized carbons (Fsp3) is 0.429. The molecule has 66 valence electrons. The van der Waals surface area contributed by atoms with E-state index in [1.165, 1.54) is 6.07 Å². The number of hydrogen-bond donors (Lipinski definition) is 2. The van der Waals surface area contributed by atoms with Crippen LogP contribution in [0, 0.1) is 0 Å². The van der Waals surface area contributed by atoms with Crippen molar-refractivity contribution in [3.8, 4) is 0 Å². The second-order valence-electron chi connectivity index (χ2n) is 2.32. The molecule has 0 aliphatic heterocycles. The molecule has 0 aliphatic rings. The lowest BCUT2D eigenvalue weighted by molar-refractivity contribution is 0.181. The van der Waals surface area contributed by atoms with Crippen LogP contribution >= 0.6 is 0 Å². The molecule has 5 heteroatoms. The highest BCUT2D eigenvalue weighted by molar-refractivity contribution is 5.01. The predicted octanol–water partition coefficient (Wildman–Crippen LogP) is -0.625. The summed E-state index contributed by atoms with van der Waals surface area (Å²) >= 11 is 0. The summed E-state index contributed by atoms with van der Waals surface area (Å²) in [6, 6.07) is 1.39. The predicted molar refractivity (Wildman–Crippen MR) is 43.5 cm³/mol. The summed E-state index contributed by atoms with van der Waals surface area (Å²) in [4.78, 5) is 17.5. The van der Waals surface area contributed by atoms with E-state index >= 15 is 0 Å². The van der Waals surface area contributed by atoms with Gasteiger partial charge in [0.1, 0.15) is 5.82 Å². The van der Waals surface area contributed by atoms with Gasteiger partial charge in [-0.3, -0.25) is 4.79 Å². The number of nitrogens with two attached hydrogens (primary N) is 1. The van der Waals surface area contributed by atoms with Gasteiger partial charge in [-0.2, -0.15) is 0 Å². The molecular weight excluding hydrogens is 158 g/mol. The number of methoxy groups -OCH3 is 1. The van der Waals surface area contributed by atoms with Gasteiger partial charge < -0.3 is 15.5 Å². The maximum atomic E-state index is 10.9. The van der Waals surface area contributed by atoms with Crippen molar-refractivity contribution in [3.63, 3.8) is 0 Å². The van der Waals surface area contributed by atoms with Crippen molar-refractivity contribution in [3.05, 3.63) is 27.9 Å². The molecule has 1 rings (SSSR count). The molecule has 12 heavy (non-hydrogen) atoms. The van der Waals surface area contributed by atoms with E-state index in [9.17, 15) is 4.79 Å². The van der Waals surface area contributed by atoms with Gasteiger partial charge in [-0.25, -0.2) is 4.98 Å². The first-order valence-electron chi connectivity index (χ1n) is 3.54. The number of H-pyrrole nitrogens is 1. The fourth-order valence-electron chi connectivity index (χ4n) is 0.882. The number of nitrogens with zero attached hydrogens (tertiary/aromatic N) is 1. The van der Waals surface area contributed by atoms with E-state index in [1.807, 2.05) is 0 Å². The standard InChI is InChI=1S/C7H11N3O2/c1-12-4-5-2-7(11)10-6(3-8)9-5/h2H,3-4,8H2,1H3,(H,9,10,11). The first-order chi connectivity index (χ1) is 5.76. The van der Waals surface area contributed by atoms with Gasteiger partial charge in [-0.05, 0) is 0 Å². The first-order valence-corrected chi connectivity index (χ1v) is 3.54. The van der Waals surface area contributed by atoms with Crippen LogP contribution in [0.25, 0.3) is 0 Å². The largest absolute Gasteiger partial charge is 0.378 e. The van der Waals surface area contributed by atoms with Crippen LogP contribution in [-0.4, -0.2) is 17.1 Å². The van der Waals surface area contributed by atoms with Gasteiger partial charge in [-0.1, -0.05) is 0 Å². The summed E-state index contributed by atoms with van der Waals surface area (Å²) in [5.41, 5.74) is 5.71. The Hall–Kier alpha value is -1.20. The molecule has 0 aliphatic carbocycles. The average Bonchev–Trinajstić information content (AvgIpc) is 2.04. The molecule has 0 radical (unpaired) electrons. The Kier molecular flexibility index (Phi) is 2.95. The summed E-state index contributed by atoms with van der Waals surface area (Å²) in [7, 11) is 1.55. The van der Waals surface area contributed by atoms with E-state index in [4.69, 9.17) is 10.5 Å². The van der Waals surface area contributed by atoms with Crippen molar-refractivity contribution in [2.45, 2.75) is 13.2 Å². The minimum atomic E-state index is -0.197. The highest BCUT2D eigenvalue weighted by Crippen LogP contribution is 1.92. The molecule has 1 aromatic rings. The molecule has 1 aromatic heterocycles. The number of aromatic amines is 1. The van der Waals surface area contributed by atoms with Crippen LogP contribution in [0.3, 0.4) is 0 Å². The zero-order chi connectivity index (χ0) is 8.97. The van der Waals surface area contributed by atoms with E-state index in [0.717, 1.165) is 0 Å². The zero-order valence-corrected chi connectivity index (χ0v) is 6.83. The number of aromatic nitrogens is 2. The van der Waals surface area contributed by atoms with Crippen molar-refractivity contribution in [2.75, 3.05) is 7.11 Å². The molecule has 0 fully saturated rings. The van der Waals surface area contributed by atoms with Crippen molar-refractivity contribution in [1.82, 2.24) is 9.97 Å².